The Hall–Kier alpha value is -0.100. The Kier molecular flexibility index (Phi) is 3.11. The highest BCUT2D eigenvalue weighted by atomic mass is 127. The summed E-state index contributed by atoms with van der Waals surface area (Å²) in [6, 6.07) is 0. The Balaban J connectivity index is 2.33. The molecule has 1 aliphatic carbocycles. The Bertz CT molecular complexity index is 372. The fraction of sp³-hybridized carbons (Fsp3) is 0.500. The van der Waals surface area contributed by atoms with Crippen molar-refractivity contribution in [2.75, 3.05) is 5.32 Å². The van der Waals surface area contributed by atoms with Crippen LogP contribution in [0.5, 0.6) is 0 Å². The Morgan fingerprint density at radius 2 is 2.14 bits per heavy atom. The maximum absolute atomic E-state index is 11.0. The molecule has 0 aliphatic heterocycles. The third kappa shape index (κ3) is 1.95. The van der Waals surface area contributed by atoms with Gasteiger partial charge in [-0.3, -0.25) is 4.79 Å². The zero-order chi connectivity index (χ0) is 10.1. The van der Waals surface area contributed by atoms with Gasteiger partial charge in [0.25, 0.3) is 0 Å². The van der Waals surface area contributed by atoms with Crippen LogP contribution in [0.1, 0.15) is 30.2 Å². The van der Waals surface area contributed by atoms with Crippen LogP contribution in [0.25, 0.3) is 0 Å². The predicted molar refractivity (Wildman–Crippen MR) is 68.0 cm³/mol. The molecule has 4 heteroatoms. The second kappa shape index (κ2) is 4.18. The number of nitrogens with one attached hydrogen (secondary N) is 1. The van der Waals surface area contributed by atoms with Crippen LogP contribution >= 0.6 is 33.9 Å². The van der Waals surface area contributed by atoms with Gasteiger partial charge in [-0.2, -0.15) is 0 Å². The van der Waals surface area contributed by atoms with Crippen LogP contribution in [-0.2, 0) is 17.6 Å². The summed E-state index contributed by atoms with van der Waals surface area (Å²) in [4.78, 5) is 12.4. The number of hydrogen-bond donors (Lipinski definition) is 1. The predicted octanol–water partition coefficient (Wildman–Crippen LogP) is 3.19. The van der Waals surface area contributed by atoms with Gasteiger partial charge in [-0.1, -0.05) is 0 Å². The second-order valence-corrected chi connectivity index (χ2v) is 5.72. The molecular formula is C10H12INOS. The average Bonchev–Trinajstić information content (AvgIpc) is 2.44. The minimum Gasteiger partial charge on any atom is -0.317 e. The summed E-state index contributed by atoms with van der Waals surface area (Å²) < 4.78 is 1.26. The molecule has 0 unspecified atom stereocenters. The summed E-state index contributed by atoms with van der Waals surface area (Å²) in [5.41, 5.74) is 1.48. The van der Waals surface area contributed by atoms with Crippen molar-refractivity contribution in [3.05, 3.63) is 14.0 Å². The molecular weight excluding hydrogens is 309 g/mol. The van der Waals surface area contributed by atoms with Crippen molar-refractivity contribution in [3.8, 4) is 0 Å². The van der Waals surface area contributed by atoms with E-state index in [0.717, 1.165) is 5.00 Å². The van der Waals surface area contributed by atoms with Crippen molar-refractivity contribution < 1.29 is 4.79 Å². The summed E-state index contributed by atoms with van der Waals surface area (Å²) in [5.74, 6) is 0.0292. The standard InChI is InChI=1S/C10H12INOS/c1-6(13)12-10-9(11)7-4-2-3-5-8(7)14-10/h2-5H2,1H3,(H,12,13). The lowest BCUT2D eigenvalue weighted by Gasteiger charge is -2.09. The highest BCUT2D eigenvalue weighted by molar-refractivity contribution is 14.1. The molecule has 0 fully saturated rings. The Morgan fingerprint density at radius 1 is 1.43 bits per heavy atom. The quantitative estimate of drug-likeness (QED) is 0.791. The molecule has 0 saturated carbocycles. The van der Waals surface area contributed by atoms with E-state index in [2.05, 4.69) is 27.9 Å². The van der Waals surface area contributed by atoms with Gasteiger partial charge in [-0.25, -0.2) is 0 Å². The fourth-order valence-electron chi connectivity index (χ4n) is 1.77. The number of fused-ring (bicyclic) bond motifs is 1. The lowest BCUT2D eigenvalue weighted by atomic mass is 10.00. The van der Waals surface area contributed by atoms with Crippen molar-refractivity contribution in [2.24, 2.45) is 0 Å². The van der Waals surface area contributed by atoms with Gasteiger partial charge in [-0.15, -0.1) is 11.3 Å². The lowest BCUT2D eigenvalue weighted by Crippen LogP contribution is -2.05. The molecule has 1 aromatic rings. The van der Waals surface area contributed by atoms with E-state index in [1.54, 1.807) is 18.3 Å². The number of anilines is 1. The number of thiophene rings is 1. The van der Waals surface area contributed by atoms with Gasteiger partial charge in [-0.05, 0) is 53.8 Å². The van der Waals surface area contributed by atoms with Gasteiger partial charge < -0.3 is 5.32 Å². The molecule has 1 N–H and O–H groups in total. The SMILES string of the molecule is CC(=O)Nc1sc2c(c1I)CCCC2. The van der Waals surface area contributed by atoms with Crippen LogP contribution in [-0.4, -0.2) is 5.91 Å². The summed E-state index contributed by atoms with van der Waals surface area (Å²) in [5, 5.41) is 3.95. The fourth-order valence-corrected chi connectivity index (χ4v) is 4.24. The van der Waals surface area contributed by atoms with E-state index in [4.69, 9.17) is 0 Å². The van der Waals surface area contributed by atoms with Crippen LogP contribution in [0, 0.1) is 3.57 Å². The molecule has 0 bridgehead atoms. The lowest BCUT2D eigenvalue weighted by molar-refractivity contribution is -0.114. The van der Waals surface area contributed by atoms with E-state index >= 15 is 0 Å². The second-order valence-electron chi connectivity index (χ2n) is 3.54. The first kappa shape index (κ1) is 10.4. The van der Waals surface area contributed by atoms with Crippen molar-refractivity contribution in [2.45, 2.75) is 32.6 Å². The smallest absolute Gasteiger partial charge is 0.221 e. The summed E-state index contributed by atoms with van der Waals surface area (Å²) in [6.07, 6.45) is 4.96. The Labute approximate surface area is 101 Å². The molecule has 0 aromatic carbocycles. The highest BCUT2D eigenvalue weighted by Gasteiger charge is 2.19. The van der Waals surface area contributed by atoms with Gasteiger partial charge in [0.1, 0.15) is 5.00 Å². The Morgan fingerprint density at radius 3 is 2.79 bits per heavy atom. The van der Waals surface area contributed by atoms with E-state index in [1.165, 1.54) is 39.7 Å². The molecule has 2 rings (SSSR count). The third-order valence-corrected chi connectivity index (χ3v) is 5.16. The molecule has 1 heterocycles. The minimum atomic E-state index is 0.0292. The molecule has 1 amide bonds. The maximum Gasteiger partial charge on any atom is 0.221 e. The molecule has 1 aromatic heterocycles. The number of carbonyl (C=O) groups excluding carboxylic acids is 1. The van der Waals surface area contributed by atoms with Gasteiger partial charge in [0, 0.05) is 11.8 Å². The normalized spacial score (nSPS) is 15.0. The van der Waals surface area contributed by atoms with Crippen molar-refractivity contribution >= 4 is 44.8 Å². The van der Waals surface area contributed by atoms with Crippen LogP contribution in [0.3, 0.4) is 0 Å². The van der Waals surface area contributed by atoms with Gasteiger partial charge >= 0.3 is 0 Å². The minimum absolute atomic E-state index is 0.0292. The topological polar surface area (TPSA) is 29.1 Å². The zero-order valence-corrected chi connectivity index (χ0v) is 11.0. The van der Waals surface area contributed by atoms with E-state index in [0.29, 0.717) is 0 Å². The van der Waals surface area contributed by atoms with E-state index in [9.17, 15) is 4.79 Å². The van der Waals surface area contributed by atoms with Crippen molar-refractivity contribution in [1.82, 2.24) is 0 Å². The number of halogens is 1. The summed E-state index contributed by atoms with van der Waals surface area (Å²) in [7, 11) is 0. The van der Waals surface area contributed by atoms with Crippen LogP contribution in [0.15, 0.2) is 0 Å². The van der Waals surface area contributed by atoms with Crippen LogP contribution in [0.2, 0.25) is 0 Å². The maximum atomic E-state index is 11.0. The number of hydrogen-bond acceptors (Lipinski definition) is 2. The van der Waals surface area contributed by atoms with E-state index in [1.807, 2.05) is 0 Å². The first-order valence-corrected chi connectivity index (χ1v) is 6.65. The van der Waals surface area contributed by atoms with Gasteiger partial charge in [0.15, 0.2) is 0 Å². The van der Waals surface area contributed by atoms with Gasteiger partial charge in [0.2, 0.25) is 5.91 Å². The van der Waals surface area contributed by atoms with Crippen molar-refractivity contribution in [3.63, 3.8) is 0 Å². The van der Waals surface area contributed by atoms with Crippen LogP contribution < -0.4 is 5.32 Å². The first-order chi connectivity index (χ1) is 6.68. The number of aryl methyl sites for hydroxylation is 1. The number of amides is 1. The first-order valence-electron chi connectivity index (χ1n) is 4.76. The molecule has 0 radical (unpaired) electrons. The molecule has 0 spiro atoms. The zero-order valence-electron chi connectivity index (χ0n) is 8.02. The van der Waals surface area contributed by atoms with Crippen molar-refractivity contribution in [1.29, 1.82) is 0 Å². The average molecular weight is 321 g/mol. The number of rotatable bonds is 1. The molecule has 76 valence electrons. The monoisotopic (exact) mass is 321 g/mol. The largest absolute Gasteiger partial charge is 0.317 e. The molecule has 14 heavy (non-hydrogen) atoms. The number of carbonyl (C=O) groups is 1. The molecule has 1 aliphatic rings. The van der Waals surface area contributed by atoms with E-state index in [-0.39, 0.29) is 5.91 Å². The van der Waals surface area contributed by atoms with Gasteiger partial charge in [0.05, 0.1) is 3.57 Å². The molecule has 0 saturated heterocycles. The summed E-state index contributed by atoms with van der Waals surface area (Å²) >= 11 is 4.10. The molecule has 0 atom stereocenters. The highest BCUT2D eigenvalue weighted by Crippen LogP contribution is 2.38. The van der Waals surface area contributed by atoms with Crippen LogP contribution in [0.4, 0.5) is 5.00 Å². The van der Waals surface area contributed by atoms with E-state index < -0.39 is 0 Å². The third-order valence-electron chi connectivity index (χ3n) is 2.40. The molecule has 2 nitrogen and oxygen atoms in total. The summed E-state index contributed by atoms with van der Waals surface area (Å²) in [6.45, 7) is 1.56.